The molecule has 3 N–H and O–H groups in total. The summed E-state index contributed by atoms with van der Waals surface area (Å²) >= 11 is 0. The van der Waals surface area contributed by atoms with Crippen LogP contribution in [0.3, 0.4) is 0 Å². The van der Waals surface area contributed by atoms with Crippen LogP contribution in [0.5, 0.6) is 0 Å². The predicted octanol–water partition coefficient (Wildman–Crippen LogP) is 1.14. The number of sulfonamides is 1. The van der Waals surface area contributed by atoms with Gasteiger partial charge in [-0.2, -0.15) is 0 Å². The lowest BCUT2D eigenvalue weighted by Gasteiger charge is -2.09. The van der Waals surface area contributed by atoms with Crippen LogP contribution in [0.15, 0.2) is 17.0 Å². The van der Waals surface area contributed by atoms with Crippen molar-refractivity contribution in [3.63, 3.8) is 0 Å². The summed E-state index contributed by atoms with van der Waals surface area (Å²) in [7, 11) is -4.36. The normalized spacial score (nSPS) is 21.6. The van der Waals surface area contributed by atoms with Gasteiger partial charge in [0, 0.05) is 6.04 Å². The average Bonchev–Trinajstić information content (AvgIpc) is 3.05. The number of nitrogens with two attached hydrogens (primary N) is 1. The van der Waals surface area contributed by atoms with Crippen LogP contribution in [-0.4, -0.2) is 20.4 Å². The quantitative estimate of drug-likeness (QED) is 0.874. The van der Waals surface area contributed by atoms with E-state index in [-0.39, 0.29) is 6.04 Å². The van der Waals surface area contributed by atoms with Crippen LogP contribution in [0.1, 0.15) is 30.1 Å². The molecule has 8 heteroatoms. The number of amides is 1. The number of primary sulfonamides is 1. The van der Waals surface area contributed by atoms with Gasteiger partial charge in [0.15, 0.2) is 5.82 Å². The molecule has 0 radical (unpaired) electrons. The van der Waals surface area contributed by atoms with Crippen molar-refractivity contribution < 1.29 is 22.0 Å². The molecular weight excluding hydrogens is 290 g/mol. The van der Waals surface area contributed by atoms with Crippen molar-refractivity contribution in [2.24, 2.45) is 11.1 Å². The highest BCUT2D eigenvalue weighted by Gasteiger charge is 2.38. The van der Waals surface area contributed by atoms with Gasteiger partial charge < -0.3 is 5.32 Å². The molecule has 20 heavy (non-hydrogen) atoms. The Kier molecular flexibility index (Phi) is 3.79. The molecule has 1 aromatic carbocycles. The third-order valence-corrected chi connectivity index (χ3v) is 4.28. The number of benzene rings is 1. The first-order valence-electron chi connectivity index (χ1n) is 6.07. The molecule has 2 atom stereocenters. The molecule has 0 spiro atoms. The van der Waals surface area contributed by atoms with Gasteiger partial charge in [-0.3, -0.25) is 4.79 Å². The minimum absolute atomic E-state index is 0.121. The molecule has 1 saturated carbocycles. The zero-order chi connectivity index (χ0) is 15.1. The summed E-state index contributed by atoms with van der Waals surface area (Å²) in [4.78, 5) is 11.0. The molecule has 0 aromatic heterocycles. The molecule has 1 fully saturated rings. The number of nitrogens with one attached hydrogen (secondary N) is 1. The van der Waals surface area contributed by atoms with Crippen LogP contribution in [0, 0.1) is 17.6 Å². The molecule has 1 amide bonds. The van der Waals surface area contributed by atoms with E-state index in [0.717, 1.165) is 12.8 Å². The Morgan fingerprint density at radius 2 is 2.10 bits per heavy atom. The van der Waals surface area contributed by atoms with Crippen molar-refractivity contribution in [2.75, 3.05) is 0 Å². The van der Waals surface area contributed by atoms with Gasteiger partial charge in [-0.1, -0.05) is 13.3 Å². The summed E-state index contributed by atoms with van der Waals surface area (Å²) in [5.74, 6) is -3.25. The molecule has 0 heterocycles. The van der Waals surface area contributed by atoms with E-state index >= 15 is 0 Å². The van der Waals surface area contributed by atoms with Crippen LogP contribution in [0.2, 0.25) is 0 Å². The smallest absolute Gasteiger partial charge is 0.257 e. The van der Waals surface area contributed by atoms with Crippen LogP contribution in [0.4, 0.5) is 8.78 Å². The Hall–Kier alpha value is -1.54. The summed E-state index contributed by atoms with van der Waals surface area (Å²) in [5, 5.41) is 7.29. The van der Waals surface area contributed by atoms with Gasteiger partial charge in [0.05, 0.1) is 0 Å². The van der Waals surface area contributed by atoms with Crippen molar-refractivity contribution in [3.8, 4) is 0 Å². The van der Waals surface area contributed by atoms with Gasteiger partial charge in [-0.15, -0.1) is 0 Å². The minimum Gasteiger partial charge on any atom is -0.349 e. The van der Waals surface area contributed by atoms with E-state index in [1.54, 1.807) is 0 Å². The summed E-state index contributed by atoms with van der Waals surface area (Å²) in [6, 6.07) is 1.29. The fourth-order valence-electron chi connectivity index (χ4n) is 2.08. The number of rotatable bonds is 4. The number of carbonyl (C=O) groups excluding carboxylic acids is 1. The van der Waals surface area contributed by atoms with E-state index in [2.05, 4.69) is 5.32 Å². The van der Waals surface area contributed by atoms with E-state index in [4.69, 9.17) is 5.14 Å². The first kappa shape index (κ1) is 14.9. The highest BCUT2D eigenvalue weighted by atomic mass is 32.2. The SMILES string of the molecule is CCC1CC1NC(=O)c1c(F)ccc(S(N)(=O)=O)c1F. The maximum atomic E-state index is 14.0. The fourth-order valence-corrected chi connectivity index (χ4v) is 2.69. The number of halogens is 2. The second-order valence-electron chi connectivity index (χ2n) is 4.76. The first-order chi connectivity index (χ1) is 9.25. The largest absolute Gasteiger partial charge is 0.349 e. The predicted molar refractivity (Wildman–Crippen MR) is 67.4 cm³/mol. The van der Waals surface area contributed by atoms with Gasteiger partial charge >= 0.3 is 0 Å². The zero-order valence-electron chi connectivity index (χ0n) is 10.7. The zero-order valence-corrected chi connectivity index (χ0v) is 11.5. The second-order valence-corrected chi connectivity index (χ2v) is 6.29. The Morgan fingerprint density at radius 1 is 1.45 bits per heavy atom. The standard InChI is InChI=1S/C12H14F2N2O3S/c1-2-6-5-8(6)16-12(17)10-7(13)3-4-9(11(10)14)20(15,18)19/h3-4,6,8H,2,5H2,1H3,(H,16,17)(H2,15,18,19). The van der Waals surface area contributed by atoms with E-state index < -0.39 is 38.0 Å². The van der Waals surface area contributed by atoms with Crippen LogP contribution < -0.4 is 10.5 Å². The molecule has 0 saturated heterocycles. The van der Waals surface area contributed by atoms with Crippen molar-refractivity contribution in [2.45, 2.75) is 30.7 Å². The van der Waals surface area contributed by atoms with Crippen LogP contribution in [0.25, 0.3) is 0 Å². The monoisotopic (exact) mass is 304 g/mol. The van der Waals surface area contributed by atoms with E-state index in [0.29, 0.717) is 18.1 Å². The van der Waals surface area contributed by atoms with Gasteiger partial charge in [-0.05, 0) is 24.5 Å². The topological polar surface area (TPSA) is 89.3 Å². The molecule has 0 aliphatic heterocycles. The lowest BCUT2D eigenvalue weighted by Crippen LogP contribution is -2.29. The number of hydrogen-bond acceptors (Lipinski definition) is 3. The van der Waals surface area contributed by atoms with Gasteiger partial charge in [-0.25, -0.2) is 22.3 Å². The maximum absolute atomic E-state index is 14.0. The summed E-state index contributed by atoms with van der Waals surface area (Å²) < 4.78 is 49.9. The lowest BCUT2D eigenvalue weighted by molar-refractivity contribution is 0.0940. The molecule has 1 aliphatic carbocycles. The Bertz CT molecular complexity index is 661. The van der Waals surface area contributed by atoms with E-state index in [9.17, 15) is 22.0 Å². The summed E-state index contributed by atoms with van der Waals surface area (Å²) in [6.07, 6.45) is 1.60. The van der Waals surface area contributed by atoms with Gasteiger partial charge in [0.2, 0.25) is 10.0 Å². The third kappa shape index (κ3) is 2.80. The molecule has 2 rings (SSSR count). The third-order valence-electron chi connectivity index (χ3n) is 3.35. The molecular formula is C12H14F2N2O3S. The average molecular weight is 304 g/mol. The number of carbonyl (C=O) groups is 1. The van der Waals surface area contributed by atoms with Crippen LogP contribution >= 0.6 is 0 Å². The van der Waals surface area contributed by atoms with Crippen molar-refractivity contribution in [3.05, 3.63) is 29.3 Å². The van der Waals surface area contributed by atoms with E-state index in [1.807, 2.05) is 6.92 Å². The maximum Gasteiger partial charge on any atom is 0.257 e. The Labute approximate surface area is 115 Å². The second kappa shape index (κ2) is 5.10. The van der Waals surface area contributed by atoms with Crippen molar-refractivity contribution in [1.29, 1.82) is 0 Å². The van der Waals surface area contributed by atoms with Crippen LogP contribution in [-0.2, 0) is 10.0 Å². The molecule has 1 aliphatic rings. The molecule has 0 bridgehead atoms. The summed E-state index contributed by atoms with van der Waals surface area (Å²) in [6.45, 7) is 1.94. The van der Waals surface area contributed by atoms with Gasteiger partial charge in [0.25, 0.3) is 5.91 Å². The number of hydrogen-bond donors (Lipinski definition) is 2. The highest BCUT2D eigenvalue weighted by molar-refractivity contribution is 7.89. The molecule has 2 unspecified atom stereocenters. The van der Waals surface area contributed by atoms with Crippen molar-refractivity contribution >= 4 is 15.9 Å². The molecule has 1 aromatic rings. The highest BCUT2D eigenvalue weighted by Crippen LogP contribution is 2.33. The van der Waals surface area contributed by atoms with Crippen molar-refractivity contribution in [1.82, 2.24) is 5.32 Å². The van der Waals surface area contributed by atoms with Gasteiger partial charge in [0.1, 0.15) is 16.3 Å². The minimum atomic E-state index is -4.36. The first-order valence-corrected chi connectivity index (χ1v) is 7.62. The lowest BCUT2D eigenvalue weighted by atomic mass is 10.2. The van der Waals surface area contributed by atoms with E-state index in [1.165, 1.54) is 0 Å². The molecule has 5 nitrogen and oxygen atoms in total. The molecule has 110 valence electrons. The fraction of sp³-hybridized carbons (Fsp3) is 0.417. The Balaban J connectivity index is 2.34. The summed E-state index contributed by atoms with van der Waals surface area (Å²) in [5.41, 5.74) is -0.918. The Morgan fingerprint density at radius 3 is 2.60 bits per heavy atom.